The number of nitrogens with one attached hydrogen (secondary N) is 1. The zero-order chi connectivity index (χ0) is 15.0. The van der Waals surface area contributed by atoms with Crippen LogP contribution < -0.4 is 5.56 Å². The van der Waals surface area contributed by atoms with E-state index in [-0.39, 0.29) is 18.5 Å². The third-order valence-corrected chi connectivity index (χ3v) is 2.41. The maximum atomic E-state index is 11.6. The molecule has 2 aromatic rings. The topological polar surface area (TPSA) is 107 Å². The zero-order valence-corrected chi connectivity index (χ0v) is 10.4. The smallest absolute Gasteiger partial charge is 0.307 e. The summed E-state index contributed by atoms with van der Waals surface area (Å²) in [6, 6.07) is 10.4. The Morgan fingerprint density at radius 2 is 1.95 bits per heavy atom. The van der Waals surface area contributed by atoms with Gasteiger partial charge in [0.1, 0.15) is 0 Å². The second-order valence-electron chi connectivity index (χ2n) is 3.79. The lowest BCUT2D eigenvalue weighted by Crippen LogP contribution is -2.07. The van der Waals surface area contributed by atoms with Crippen molar-refractivity contribution >= 4 is 12.4 Å². The van der Waals surface area contributed by atoms with Crippen LogP contribution in [0.15, 0.2) is 47.4 Å². The monoisotopic (exact) mass is 275 g/mol. The lowest BCUT2D eigenvalue weighted by Gasteiger charge is -2.02. The quantitative estimate of drug-likeness (QED) is 0.733. The zero-order valence-electron chi connectivity index (χ0n) is 10.4. The Labute approximate surface area is 114 Å². The molecule has 0 aliphatic heterocycles. The van der Waals surface area contributed by atoms with Gasteiger partial charge in [0.25, 0.3) is 12.0 Å². The van der Waals surface area contributed by atoms with Crippen LogP contribution in [-0.2, 0) is 16.0 Å². The Hall–Kier alpha value is -2.89. The molecule has 1 heterocycles. The van der Waals surface area contributed by atoms with Gasteiger partial charge in [0.2, 0.25) is 0 Å². The molecule has 0 atom stereocenters. The first-order chi connectivity index (χ1) is 9.58. The number of H-pyrrole nitrogens is 1. The van der Waals surface area contributed by atoms with E-state index < -0.39 is 5.97 Å². The first-order valence-corrected chi connectivity index (χ1v) is 5.65. The Bertz CT molecular complexity index is 648. The molecule has 2 rings (SSSR count). The van der Waals surface area contributed by atoms with Gasteiger partial charge in [-0.3, -0.25) is 14.4 Å². The fraction of sp³-hybridized carbons (Fsp3) is 0.0714. The van der Waals surface area contributed by atoms with Crippen molar-refractivity contribution in [3.63, 3.8) is 0 Å². The van der Waals surface area contributed by atoms with Crippen molar-refractivity contribution in [3.05, 3.63) is 58.5 Å². The molecule has 0 aliphatic rings. The summed E-state index contributed by atoms with van der Waals surface area (Å²) in [5.41, 5.74) is 1.77. The number of carboxylic acid groups (broad SMARTS) is 2. The maximum absolute atomic E-state index is 11.6. The van der Waals surface area contributed by atoms with Gasteiger partial charge < -0.3 is 15.2 Å². The molecule has 0 radical (unpaired) electrons. The summed E-state index contributed by atoms with van der Waals surface area (Å²) in [4.78, 5) is 33.1. The van der Waals surface area contributed by atoms with Crippen molar-refractivity contribution in [2.24, 2.45) is 0 Å². The van der Waals surface area contributed by atoms with Crippen molar-refractivity contribution in [2.75, 3.05) is 0 Å². The van der Waals surface area contributed by atoms with E-state index in [9.17, 15) is 9.59 Å². The van der Waals surface area contributed by atoms with Gasteiger partial charge in [-0.1, -0.05) is 24.3 Å². The first-order valence-electron chi connectivity index (χ1n) is 5.65. The average Bonchev–Trinajstić information content (AvgIpc) is 2.39. The minimum Gasteiger partial charge on any atom is -0.483 e. The van der Waals surface area contributed by atoms with Crippen LogP contribution in [-0.4, -0.2) is 27.6 Å². The van der Waals surface area contributed by atoms with Gasteiger partial charge in [-0.25, -0.2) is 0 Å². The van der Waals surface area contributed by atoms with Crippen LogP contribution >= 0.6 is 0 Å². The molecule has 6 nitrogen and oxygen atoms in total. The van der Waals surface area contributed by atoms with E-state index >= 15 is 0 Å². The van der Waals surface area contributed by atoms with Crippen molar-refractivity contribution in [1.82, 2.24) is 4.98 Å². The van der Waals surface area contributed by atoms with E-state index in [4.69, 9.17) is 15.0 Å². The van der Waals surface area contributed by atoms with Crippen LogP contribution in [0, 0.1) is 0 Å². The van der Waals surface area contributed by atoms with Crippen LogP contribution in [0.2, 0.25) is 0 Å². The molecule has 0 saturated carbocycles. The molecule has 6 heteroatoms. The summed E-state index contributed by atoms with van der Waals surface area (Å²) in [6.07, 6.45) is 1.52. The van der Waals surface area contributed by atoms with Gasteiger partial charge in [-0.2, -0.15) is 0 Å². The third-order valence-electron chi connectivity index (χ3n) is 2.41. The van der Waals surface area contributed by atoms with E-state index in [0.29, 0.717) is 11.1 Å². The van der Waals surface area contributed by atoms with Gasteiger partial charge >= 0.3 is 5.97 Å². The predicted octanol–water partition coefficient (Wildman–Crippen LogP) is 1.37. The van der Waals surface area contributed by atoms with Crippen LogP contribution in [0.4, 0.5) is 0 Å². The highest BCUT2D eigenvalue weighted by atomic mass is 16.4. The number of aromatic amines is 1. The largest absolute Gasteiger partial charge is 0.483 e. The third kappa shape index (κ3) is 4.41. The highest BCUT2D eigenvalue weighted by Gasteiger charge is 2.05. The molecule has 0 bridgehead atoms. The summed E-state index contributed by atoms with van der Waals surface area (Å²) in [6.45, 7) is -0.250. The van der Waals surface area contributed by atoms with Crippen LogP contribution in [0.1, 0.15) is 5.56 Å². The molecule has 0 saturated heterocycles. The Morgan fingerprint density at radius 1 is 1.25 bits per heavy atom. The SMILES string of the molecule is O=C(O)Cc1cccc(-c2ccc[nH]c2=O)c1.O=CO. The molecule has 1 aromatic heterocycles. The molecule has 0 unspecified atom stereocenters. The van der Waals surface area contributed by atoms with Gasteiger partial charge in [0.05, 0.1) is 6.42 Å². The minimum atomic E-state index is -0.885. The van der Waals surface area contributed by atoms with Crippen molar-refractivity contribution < 1.29 is 19.8 Å². The molecule has 1 aromatic carbocycles. The molecule has 0 amide bonds. The predicted molar refractivity (Wildman–Crippen MR) is 72.5 cm³/mol. The Kier molecular flexibility index (Phi) is 5.71. The highest BCUT2D eigenvalue weighted by Crippen LogP contribution is 2.16. The molecule has 3 N–H and O–H groups in total. The number of aromatic nitrogens is 1. The molecule has 0 spiro atoms. The minimum absolute atomic E-state index is 0.0431. The number of benzene rings is 1. The number of hydrogen-bond acceptors (Lipinski definition) is 3. The lowest BCUT2D eigenvalue weighted by atomic mass is 10.0. The molecule has 0 aliphatic carbocycles. The summed E-state index contributed by atoms with van der Waals surface area (Å²) >= 11 is 0. The summed E-state index contributed by atoms with van der Waals surface area (Å²) < 4.78 is 0. The fourth-order valence-corrected chi connectivity index (χ4v) is 1.67. The molecular weight excluding hydrogens is 262 g/mol. The van der Waals surface area contributed by atoms with Crippen LogP contribution in [0.3, 0.4) is 0 Å². The van der Waals surface area contributed by atoms with Crippen molar-refractivity contribution in [1.29, 1.82) is 0 Å². The fourth-order valence-electron chi connectivity index (χ4n) is 1.67. The molecule has 0 fully saturated rings. The first kappa shape index (κ1) is 15.2. The van der Waals surface area contributed by atoms with E-state index in [0.717, 1.165) is 5.56 Å². The standard InChI is InChI=1S/C13H11NO3.CH2O2/c15-12(16)8-9-3-1-4-10(7-9)11-5-2-6-14-13(11)17;2-1-3/h1-7H,8H2,(H,14,17)(H,15,16);1H,(H,2,3). The average molecular weight is 275 g/mol. The number of aliphatic carboxylic acids is 1. The van der Waals surface area contributed by atoms with Crippen LogP contribution in [0.25, 0.3) is 11.1 Å². The summed E-state index contributed by atoms with van der Waals surface area (Å²) in [5.74, 6) is -0.885. The van der Waals surface area contributed by atoms with Gasteiger partial charge in [0.15, 0.2) is 0 Å². The maximum Gasteiger partial charge on any atom is 0.307 e. The van der Waals surface area contributed by atoms with Gasteiger partial charge in [0, 0.05) is 11.8 Å². The van der Waals surface area contributed by atoms with E-state index in [1.807, 2.05) is 0 Å². The molecular formula is C14H13NO5. The summed E-state index contributed by atoms with van der Waals surface area (Å²) in [7, 11) is 0. The number of carboxylic acids is 1. The number of pyridine rings is 1. The number of hydrogen-bond donors (Lipinski definition) is 3. The van der Waals surface area contributed by atoms with Crippen LogP contribution in [0.5, 0.6) is 0 Å². The van der Waals surface area contributed by atoms with Gasteiger partial charge in [-0.15, -0.1) is 0 Å². The van der Waals surface area contributed by atoms with E-state index in [2.05, 4.69) is 4.98 Å². The lowest BCUT2D eigenvalue weighted by molar-refractivity contribution is -0.136. The normalized spacial score (nSPS) is 9.20. The number of rotatable bonds is 3. The summed E-state index contributed by atoms with van der Waals surface area (Å²) in [5, 5.41) is 15.6. The highest BCUT2D eigenvalue weighted by molar-refractivity contribution is 5.72. The second-order valence-corrected chi connectivity index (χ2v) is 3.79. The molecule has 20 heavy (non-hydrogen) atoms. The molecule has 104 valence electrons. The van der Waals surface area contributed by atoms with Crippen molar-refractivity contribution in [3.8, 4) is 11.1 Å². The van der Waals surface area contributed by atoms with Gasteiger partial charge in [-0.05, 0) is 23.3 Å². The van der Waals surface area contributed by atoms with E-state index in [1.165, 1.54) is 0 Å². The van der Waals surface area contributed by atoms with E-state index in [1.54, 1.807) is 42.6 Å². The Balaban J connectivity index is 0.000000612. The second kappa shape index (κ2) is 7.52. The van der Waals surface area contributed by atoms with Crippen molar-refractivity contribution in [2.45, 2.75) is 6.42 Å². The number of carbonyl (C=O) groups is 2. The Morgan fingerprint density at radius 3 is 2.55 bits per heavy atom.